The molecule has 3 heteroatoms. The number of nitrogens with zero attached hydrogens (tertiary/aromatic N) is 2. The van der Waals surface area contributed by atoms with Crippen molar-refractivity contribution in [2.24, 2.45) is 5.92 Å². The molecule has 0 aliphatic carbocycles. The summed E-state index contributed by atoms with van der Waals surface area (Å²) in [6.45, 7) is 7.74. The average molecular weight is 247 g/mol. The van der Waals surface area contributed by atoms with Crippen LogP contribution in [0.1, 0.15) is 36.9 Å². The van der Waals surface area contributed by atoms with Gasteiger partial charge in [0.15, 0.2) is 0 Å². The maximum Gasteiger partial charge on any atom is 0.0403 e. The minimum atomic E-state index is 0.520. The summed E-state index contributed by atoms with van der Waals surface area (Å²) in [5.74, 6) is 0.701. The van der Waals surface area contributed by atoms with Crippen molar-refractivity contribution in [1.82, 2.24) is 15.2 Å². The van der Waals surface area contributed by atoms with Crippen LogP contribution in [0.3, 0.4) is 0 Å². The van der Waals surface area contributed by atoms with E-state index in [0.717, 1.165) is 13.1 Å². The van der Waals surface area contributed by atoms with E-state index in [-0.39, 0.29) is 0 Å². The predicted molar refractivity (Wildman–Crippen MR) is 75.6 cm³/mol. The lowest BCUT2D eigenvalue weighted by atomic mass is 9.84. The van der Waals surface area contributed by atoms with Crippen molar-refractivity contribution < 1.29 is 0 Å². The topological polar surface area (TPSA) is 28.2 Å². The molecule has 1 aromatic rings. The Balaban J connectivity index is 2.21. The first-order valence-corrected chi connectivity index (χ1v) is 7.05. The molecule has 1 N–H and O–H groups in total. The van der Waals surface area contributed by atoms with E-state index in [1.54, 1.807) is 0 Å². The van der Waals surface area contributed by atoms with Gasteiger partial charge in [-0.3, -0.25) is 9.88 Å². The Labute approximate surface area is 111 Å². The summed E-state index contributed by atoms with van der Waals surface area (Å²) in [5, 5.41) is 3.51. The molecule has 1 aliphatic rings. The van der Waals surface area contributed by atoms with Crippen LogP contribution in [-0.4, -0.2) is 36.6 Å². The zero-order valence-electron chi connectivity index (χ0n) is 11.8. The quantitative estimate of drug-likeness (QED) is 0.885. The van der Waals surface area contributed by atoms with Gasteiger partial charge in [-0.1, -0.05) is 6.92 Å². The Morgan fingerprint density at radius 1 is 1.50 bits per heavy atom. The molecule has 0 spiro atoms. The molecular weight excluding hydrogens is 222 g/mol. The minimum absolute atomic E-state index is 0.520. The molecule has 0 radical (unpaired) electrons. The van der Waals surface area contributed by atoms with Crippen molar-refractivity contribution in [2.45, 2.75) is 32.7 Å². The van der Waals surface area contributed by atoms with Gasteiger partial charge in [-0.2, -0.15) is 0 Å². The molecule has 0 saturated carbocycles. The zero-order valence-corrected chi connectivity index (χ0v) is 11.8. The van der Waals surface area contributed by atoms with E-state index in [0.29, 0.717) is 12.0 Å². The molecule has 1 fully saturated rings. The predicted octanol–water partition coefficient (Wildman–Crippen LogP) is 2.38. The highest BCUT2D eigenvalue weighted by atomic mass is 15.1. The lowest BCUT2D eigenvalue weighted by molar-refractivity contribution is 0.119. The summed E-state index contributed by atoms with van der Waals surface area (Å²) in [7, 11) is 2.25. The number of aromatic nitrogens is 1. The van der Waals surface area contributed by atoms with E-state index >= 15 is 0 Å². The fraction of sp³-hybridized carbons (Fsp3) is 0.667. The molecule has 3 nitrogen and oxygen atoms in total. The third-order valence-corrected chi connectivity index (χ3v) is 4.06. The molecule has 0 amide bonds. The van der Waals surface area contributed by atoms with Crippen LogP contribution in [-0.2, 0) is 0 Å². The van der Waals surface area contributed by atoms with Gasteiger partial charge in [-0.25, -0.2) is 0 Å². The van der Waals surface area contributed by atoms with Gasteiger partial charge in [-0.15, -0.1) is 0 Å². The van der Waals surface area contributed by atoms with Crippen LogP contribution in [0.15, 0.2) is 18.5 Å². The number of rotatable bonds is 4. The van der Waals surface area contributed by atoms with Crippen LogP contribution in [0, 0.1) is 12.8 Å². The van der Waals surface area contributed by atoms with Crippen LogP contribution in [0.5, 0.6) is 0 Å². The van der Waals surface area contributed by atoms with E-state index in [9.17, 15) is 0 Å². The van der Waals surface area contributed by atoms with Crippen LogP contribution in [0.4, 0.5) is 0 Å². The third kappa shape index (κ3) is 2.90. The highest BCUT2D eigenvalue weighted by Gasteiger charge is 2.31. The summed E-state index contributed by atoms with van der Waals surface area (Å²) in [5.41, 5.74) is 2.77. The van der Waals surface area contributed by atoms with Crippen LogP contribution >= 0.6 is 0 Å². The van der Waals surface area contributed by atoms with Gasteiger partial charge < -0.3 is 5.32 Å². The monoisotopic (exact) mass is 247 g/mol. The molecule has 0 aromatic carbocycles. The second-order valence-corrected chi connectivity index (χ2v) is 5.37. The molecule has 1 saturated heterocycles. The molecule has 0 bridgehead atoms. The summed E-state index contributed by atoms with van der Waals surface area (Å²) in [6, 6.07) is 2.65. The lowest BCUT2D eigenvalue weighted by Crippen LogP contribution is -2.40. The largest absolute Gasteiger partial charge is 0.317 e. The molecule has 1 aliphatic heterocycles. The Morgan fingerprint density at radius 3 is 3.06 bits per heavy atom. The van der Waals surface area contributed by atoms with Crippen LogP contribution < -0.4 is 5.32 Å². The van der Waals surface area contributed by atoms with E-state index in [1.807, 2.05) is 6.20 Å². The first-order valence-electron chi connectivity index (χ1n) is 7.05. The van der Waals surface area contributed by atoms with Gasteiger partial charge in [0.05, 0.1) is 0 Å². The third-order valence-electron chi connectivity index (χ3n) is 4.06. The highest BCUT2D eigenvalue weighted by molar-refractivity contribution is 5.26. The van der Waals surface area contributed by atoms with Gasteiger partial charge >= 0.3 is 0 Å². The number of likely N-dealkylation sites (tertiary alicyclic amines) is 1. The van der Waals surface area contributed by atoms with Gasteiger partial charge in [0, 0.05) is 18.4 Å². The summed E-state index contributed by atoms with van der Waals surface area (Å²) >= 11 is 0. The van der Waals surface area contributed by atoms with Crippen molar-refractivity contribution >= 4 is 0 Å². The number of pyridine rings is 1. The SMILES string of the molecule is CCNCC1CCCN(C)C1c1cnccc1C. The smallest absolute Gasteiger partial charge is 0.0403 e. The molecule has 2 unspecified atom stereocenters. The second kappa shape index (κ2) is 6.30. The number of piperidine rings is 1. The fourth-order valence-corrected chi connectivity index (χ4v) is 3.08. The standard InChI is InChI=1S/C15H25N3/c1-4-16-10-13-6-5-9-18(3)15(13)14-11-17-8-7-12(14)2/h7-8,11,13,15-16H,4-6,9-10H2,1-3H3. The number of nitrogens with one attached hydrogen (secondary N) is 1. The van der Waals surface area contributed by atoms with Crippen molar-refractivity contribution in [3.63, 3.8) is 0 Å². The first kappa shape index (κ1) is 13.5. The maximum absolute atomic E-state index is 4.32. The number of hydrogen-bond acceptors (Lipinski definition) is 3. The second-order valence-electron chi connectivity index (χ2n) is 5.37. The van der Waals surface area contributed by atoms with E-state index in [2.05, 4.69) is 48.4 Å². The molecule has 2 atom stereocenters. The van der Waals surface area contributed by atoms with Crippen molar-refractivity contribution in [3.8, 4) is 0 Å². The van der Waals surface area contributed by atoms with Crippen LogP contribution in [0.25, 0.3) is 0 Å². The zero-order chi connectivity index (χ0) is 13.0. The van der Waals surface area contributed by atoms with Crippen molar-refractivity contribution in [3.05, 3.63) is 29.6 Å². The molecule has 2 heterocycles. The Bertz CT molecular complexity index is 378. The number of hydrogen-bond donors (Lipinski definition) is 1. The summed E-state index contributed by atoms with van der Waals surface area (Å²) in [4.78, 5) is 6.82. The van der Waals surface area contributed by atoms with E-state index < -0.39 is 0 Å². The normalized spacial score (nSPS) is 25.3. The average Bonchev–Trinajstić information content (AvgIpc) is 2.38. The van der Waals surface area contributed by atoms with Gasteiger partial charge in [0.25, 0.3) is 0 Å². The Morgan fingerprint density at radius 2 is 2.33 bits per heavy atom. The molecule has 18 heavy (non-hydrogen) atoms. The van der Waals surface area contributed by atoms with Gasteiger partial charge in [0.2, 0.25) is 0 Å². The van der Waals surface area contributed by atoms with Gasteiger partial charge in [-0.05, 0) is 69.6 Å². The fourth-order valence-electron chi connectivity index (χ4n) is 3.08. The molecule has 100 valence electrons. The van der Waals surface area contributed by atoms with Crippen LogP contribution in [0.2, 0.25) is 0 Å². The molecule has 2 rings (SSSR count). The van der Waals surface area contributed by atoms with E-state index in [4.69, 9.17) is 0 Å². The van der Waals surface area contributed by atoms with Crippen molar-refractivity contribution in [1.29, 1.82) is 0 Å². The van der Waals surface area contributed by atoms with Gasteiger partial charge in [0.1, 0.15) is 0 Å². The number of aryl methyl sites for hydroxylation is 1. The lowest BCUT2D eigenvalue weighted by Gasteiger charge is -2.40. The van der Waals surface area contributed by atoms with Crippen molar-refractivity contribution in [2.75, 3.05) is 26.7 Å². The molecular formula is C15H25N3. The summed E-state index contributed by atoms with van der Waals surface area (Å²) < 4.78 is 0. The first-order chi connectivity index (χ1) is 8.74. The van der Waals surface area contributed by atoms with E-state index in [1.165, 1.54) is 30.5 Å². The molecule has 1 aromatic heterocycles. The summed E-state index contributed by atoms with van der Waals surface area (Å²) in [6.07, 6.45) is 6.57. The minimum Gasteiger partial charge on any atom is -0.317 e. The maximum atomic E-state index is 4.32. The Kier molecular flexibility index (Phi) is 4.72. The Hall–Kier alpha value is -0.930. The highest BCUT2D eigenvalue weighted by Crippen LogP contribution is 2.35.